The Balaban J connectivity index is 1.34. The summed E-state index contributed by atoms with van der Waals surface area (Å²) >= 11 is 0. The zero-order valence-corrected chi connectivity index (χ0v) is 15.2. The Hall–Kier alpha value is -2.08. The Morgan fingerprint density at radius 3 is 2.92 bits per heavy atom. The number of hydrogen-bond donors (Lipinski definition) is 3. The van der Waals surface area contributed by atoms with E-state index in [0.29, 0.717) is 12.3 Å². The van der Waals surface area contributed by atoms with Crippen LogP contribution in [0.25, 0.3) is 0 Å². The van der Waals surface area contributed by atoms with Crippen molar-refractivity contribution >= 4 is 23.3 Å². The molecule has 3 amide bonds. The first kappa shape index (κ1) is 17.3. The summed E-state index contributed by atoms with van der Waals surface area (Å²) in [5.74, 6) is 1.65. The highest BCUT2D eigenvalue weighted by Crippen LogP contribution is 2.32. The van der Waals surface area contributed by atoms with Gasteiger partial charge in [0.1, 0.15) is 0 Å². The van der Waals surface area contributed by atoms with E-state index >= 15 is 0 Å². The summed E-state index contributed by atoms with van der Waals surface area (Å²) in [4.78, 5) is 26.3. The van der Waals surface area contributed by atoms with Gasteiger partial charge in [-0.2, -0.15) is 0 Å². The highest BCUT2D eigenvalue weighted by Gasteiger charge is 2.34. The lowest BCUT2D eigenvalue weighted by molar-refractivity contribution is -0.119. The summed E-state index contributed by atoms with van der Waals surface area (Å²) in [6.07, 6.45) is 5.91. The third-order valence-electron chi connectivity index (χ3n) is 6.03. The maximum atomic E-state index is 12.4. The van der Waals surface area contributed by atoms with Crippen molar-refractivity contribution in [2.24, 2.45) is 11.8 Å². The Bertz CT molecular complexity index is 678. The number of amides is 3. The molecule has 140 valence electrons. The fraction of sp³-hybridized carbons (Fsp3) is 0.600. The third kappa shape index (κ3) is 3.85. The van der Waals surface area contributed by atoms with Gasteiger partial charge in [-0.1, -0.05) is 6.07 Å². The number of benzene rings is 1. The summed E-state index contributed by atoms with van der Waals surface area (Å²) in [5, 5.41) is 9.53. The number of rotatable bonds is 3. The molecule has 1 aromatic rings. The molecule has 6 heteroatoms. The molecule has 0 bridgehead atoms. The van der Waals surface area contributed by atoms with Gasteiger partial charge in [0.2, 0.25) is 5.91 Å². The summed E-state index contributed by atoms with van der Waals surface area (Å²) < 4.78 is 0. The average Bonchev–Trinajstić information content (AvgIpc) is 3.10. The molecule has 1 saturated carbocycles. The van der Waals surface area contributed by atoms with Crippen molar-refractivity contribution in [2.45, 2.75) is 44.6 Å². The Morgan fingerprint density at radius 2 is 2.04 bits per heavy atom. The summed E-state index contributed by atoms with van der Waals surface area (Å²) in [6.45, 7) is 2.97. The topological polar surface area (TPSA) is 73.5 Å². The number of piperidine rings is 1. The molecule has 2 heterocycles. The molecule has 3 fully saturated rings. The van der Waals surface area contributed by atoms with Crippen molar-refractivity contribution in [3.63, 3.8) is 0 Å². The normalized spacial score (nSPS) is 28.5. The second-order valence-electron chi connectivity index (χ2n) is 7.84. The molecule has 26 heavy (non-hydrogen) atoms. The summed E-state index contributed by atoms with van der Waals surface area (Å²) in [7, 11) is 0. The molecule has 4 rings (SSSR count). The van der Waals surface area contributed by atoms with Crippen molar-refractivity contribution in [1.82, 2.24) is 10.6 Å². The maximum absolute atomic E-state index is 12.4. The van der Waals surface area contributed by atoms with Crippen LogP contribution in [-0.2, 0) is 4.79 Å². The largest absolute Gasteiger partial charge is 0.335 e. The standard InChI is InChI=1S/C20H28N4O2/c25-19-6-1-2-9-24(19)18-5-3-4-16(11-18)22-20(26)23-17-8-7-14-12-21-13-15(14)10-17/h3-5,11,14-15,17,21H,1-2,6-10,12-13H2,(H2,22,23,26). The van der Waals surface area contributed by atoms with Crippen LogP contribution in [0.15, 0.2) is 24.3 Å². The van der Waals surface area contributed by atoms with E-state index in [1.165, 1.54) is 6.42 Å². The molecule has 6 nitrogen and oxygen atoms in total. The maximum Gasteiger partial charge on any atom is 0.319 e. The third-order valence-corrected chi connectivity index (χ3v) is 6.03. The molecular formula is C20H28N4O2. The summed E-state index contributed by atoms with van der Waals surface area (Å²) in [5.41, 5.74) is 1.60. The summed E-state index contributed by atoms with van der Waals surface area (Å²) in [6, 6.07) is 7.68. The van der Waals surface area contributed by atoms with Gasteiger partial charge in [0.15, 0.2) is 0 Å². The van der Waals surface area contributed by atoms with Crippen LogP contribution in [0.2, 0.25) is 0 Å². The van der Waals surface area contributed by atoms with E-state index in [1.807, 2.05) is 29.2 Å². The van der Waals surface area contributed by atoms with Crippen molar-refractivity contribution in [3.05, 3.63) is 24.3 Å². The Kier molecular flexibility index (Phi) is 5.11. The second-order valence-corrected chi connectivity index (χ2v) is 7.84. The zero-order chi connectivity index (χ0) is 17.9. The van der Waals surface area contributed by atoms with Crippen molar-refractivity contribution in [1.29, 1.82) is 0 Å². The predicted octanol–water partition coefficient (Wildman–Crippen LogP) is 2.71. The zero-order valence-electron chi connectivity index (χ0n) is 15.2. The molecule has 2 saturated heterocycles. The number of carbonyl (C=O) groups is 2. The fourth-order valence-corrected chi connectivity index (χ4v) is 4.61. The van der Waals surface area contributed by atoms with Gasteiger partial charge in [0, 0.05) is 30.4 Å². The number of nitrogens with zero attached hydrogens (tertiary/aromatic N) is 1. The molecule has 3 atom stereocenters. The van der Waals surface area contributed by atoms with E-state index in [2.05, 4.69) is 16.0 Å². The van der Waals surface area contributed by atoms with Crippen LogP contribution in [-0.4, -0.2) is 37.6 Å². The highest BCUT2D eigenvalue weighted by atomic mass is 16.2. The van der Waals surface area contributed by atoms with E-state index in [9.17, 15) is 9.59 Å². The molecule has 3 N–H and O–H groups in total. The first-order chi connectivity index (χ1) is 12.7. The van der Waals surface area contributed by atoms with Gasteiger partial charge in [-0.3, -0.25) is 4.79 Å². The molecule has 0 aromatic heterocycles. The van der Waals surface area contributed by atoms with Gasteiger partial charge >= 0.3 is 6.03 Å². The van der Waals surface area contributed by atoms with E-state index in [4.69, 9.17) is 0 Å². The molecule has 0 spiro atoms. The first-order valence-corrected chi connectivity index (χ1v) is 9.88. The smallest absolute Gasteiger partial charge is 0.319 e. The van der Waals surface area contributed by atoms with Crippen LogP contribution < -0.4 is 20.9 Å². The number of fused-ring (bicyclic) bond motifs is 1. The van der Waals surface area contributed by atoms with Crippen molar-refractivity contribution in [3.8, 4) is 0 Å². The van der Waals surface area contributed by atoms with Crippen molar-refractivity contribution < 1.29 is 9.59 Å². The van der Waals surface area contributed by atoms with E-state index in [-0.39, 0.29) is 18.0 Å². The SMILES string of the molecule is O=C(Nc1cccc(N2CCCCC2=O)c1)NC1CCC2CNCC2C1. The number of anilines is 2. The molecule has 3 unspecified atom stereocenters. The quantitative estimate of drug-likeness (QED) is 0.780. The van der Waals surface area contributed by atoms with Crippen LogP contribution in [0.4, 0.5) is 16.2 Å². The van der Waals surface area contributed by atoms with E-state index in [1.54, 1.807) is 0 Å². The Morgan fingerprint density at radius 1 is 1.15 bits per heavy atom. The molecule has 2 aliphatic heterocycles. The molecule has 1 aliphatic carbocycles. The van der Waals surface area contributed by atoms with Gasteiger partial charge in [0.25, 0.3) is 0 Å². The first-order valence-electron chi connectivity index (χ1n) is 9.88. The lowest BCUT2D eigenvalue weighted by atomic mass is 9.79. The van der Waals surface area contributed by atoms with Crippen LogP contribution in [0.5, 0.6) is 0 Å². The Labute approximate surface area is 154 Å². The minimum Gasteiger partial charge on any atom is -0.335 e. The minimum atomic E-state index is -0.151. The number of nitrogens with one attached hydrogen (secondary N) is 3. The predicted molar refractivity (Wildman–Crippen MR) is 102 cm³/mol. The van der Waals surface area contributed by atoms with Crippen LogP contribution in [0, 0.1) is 11.8 Å². The lowest BCUT2D eigenvalue weighted by Crippen LogP contribution is -2.42. The van der Waals surface area contributed by atoms with Gasteiger partial charge in [0.05, 0.1) is 0 Å². The van der Waals surface area contributed by atoms with Gasteiger partial charge in [-0.15, -0.1) is 0 Å². The number of hydrogen-bond acceptors (Lipinski definition) is 3. The average molecular weight is 356 g/mol. The number of carbonyl (C=O) groups excluding carboxylic acids is 2. The van der Waals surface area contributed by atoms with Crippen molar-refractivity contribution in [2.75, 3.05) is 29.9 Å². The molecular weight excluding hydrogens is 328 g/mol. The lowest BCUT2D eigenvalue weighted by Gasteiger charge is -2.31. The van der Waals surface area contributed by atoms with Gasteiger partial charge in [-0.25, -0.2) is 4.79 Å². The molecule has 3 aliphatic rings. The van der Waals surface area contributed by atoms with E-state index in [0.717, 1.165) is 62.6 Å². The molecule has 1 aromatic carbocycles. The monoisotopic (exact) mass is 356 g/mol. The fourth-order valence-electron chi connectivity index (χ4n) is 4.61. The van der Waals surface area contributed by atoms with Gasteiger partial charge < -0.3 is 20.9 Å². The number of urea groups is 1. The van der Waals surface area contributed by atoms with E-state index < -0.39 is 0 Å². The molecule has 0 radical (unpaired) electrons. The van der Waals surface area contributed by atoms with Crippen LogP contribution >= 0.6 is 0 Å². The second kappa shape index (κ2) is 7.66. The van der Waals surface area contributed by atoms with Crippen LogP contribution in [0.1, 0.15) is 38.5 Å². The minimum absolute atomic E-state index is 0.151. The van der Waals surface area contributed by atoms with Gasteiger partial charge in [-0.05, 0) is 75.2 Å². The highest BCUT2D eigenvalue weighted by molar-refractivity contribution is 5.95. The van der Waals surface area contributed by atoms with Crippen LogP contribution in [0.3, 0.4) is 0 Å².